The van der Waals surface area contributed by atoms with Crippen molar-refractivity contribution in [2.75, 3.05) is 7.11 Å². The largest absolute Gasteiger partial charge is 0.464 e. The minimum Gasteiger partial charge on any atom is -0.464 e. The zero-order valence-electron chi connectivity index (χ0n) is 12.6. The molecule has 116 valence electrons. The second-order valence-corrected chi connectivity index (χ2v) is 6.27. The minimum atomic E-state index is -0.426. The number of thiazole rings is 1. The maximum atomic E-state index is 12.3. The molecule has 1 aliphatic rings. The first-order valence-electron chi connectivity index (χ1n) is 7.48. The van der Waals surface area contributed by atoms with Crippen LogP contribution in [0.2, 0.25) is 0 Å². The number of hydrogen-bond donors (Lipinski definition) is 0. The van der Waals surface area contributed by atoms with Crippen molar-refractivity contribution < 1.29 is 14.3 Å². The summed E-state index contributed by atoms with van der Waals surface area (Å²) >= 11 is 1.41. The number of carbonyl (C=O) groups is 2. The first kappa shape index (κ1) is 15.9. The van der Waals surface area contributed by atoms with E-state index in [1.54, 1.807) is 5.38 Å². The quantitative estimate of drug-likeness (QED) is 0.547. The molecule has 1 heterocycles. The van der Waals surface area contributed by atoms with Gasteiger partial charge in [-0.1, -0.05) is 19.8 Å². The van der Waals surface area contributed by atoms with Crippen LogP contribution in [-0.2, 0) is 16.1 Å². The van der Waals surface area contributed by atoms with Crippen LogP contribution in [0.15, 0.2) is 5.38 Å². The predicted octanol–water partition coefficient (Wildman–Crippen LogP) is 3.00. The molecule has 0 aromatic carbocycles. The first-order valence-corrected chi connectivity index (χ1v) is 8.35. The third-order valence-corrected chi connectivity index (χ3v) is 4.39. The zero-order chi connectivity index (χ0) is 15.2. The van der Waals surface area contributed by atoms with Crippen LogP contribution in [-0.4, -0.2) is 34.9 Å². The van der Waals surface area contributed by atoms with Crippen molar-refractivity contribution in [1.29, 1.82) is 0 Å². The number of methoxy groups -OCH3 is 1. The minimum absolute atomic E-state index is 0.209. The summed E-state index contributed by atoms with van der Waals surface area (Å²) in [5.74, 6) is -0.217. The molecule has 0 N–H and O–H groups in total. The van der Waals surface area contributed by atoms with E-state index in [9.17, 15) is 9.59 Å². The monoisotopic (exact) mass is 310 g/mol. The van der Waals surface area contributed by atoms with Crippen molar-refractivity contribution in [3.05, 3.63) is 16.1 Å². The van der Waals surface area contributed by atoms with Crippen molar-refractivity contribution in [3.63, 3.8) is 0 Å². The van der Waals surface area contributed by atoms with Gasteiger partial charge >= 0.3 is 5.97 Å². The number of esters is 1. The van der Waals surface area contributed by atoms with E-state index < -0.39 is 5.97 Å². The molecule has 0 atom stereocenters. The van der Waals surface area contributed by atoms with E-state index in [4.69, 9.17) is 0 Å². The molecule has 21 heavy (non-hydrogen) atoms. The molecule has 5 nitrogen and oxygen atoms in total. The van der Waals surface area contributed by atoms with Crippen LogP contribution in [0.25, 0.3) is 0 Å². The molecule has 0 saturated heterocycles. The van der Waals surface area contributed by atoms with E-state index in [1.807, 2.05) is 4.90 Å². The fraction of sp³-hybridized carbons (Fsp3) is 0.667. The third-order valence-electron chi connectivity index (χ3n) is 3.55. The standard InChI is InChI=1S/C15H22N2O3S/c1-3-4-5-6-14(18)17(11-7-8-11)9-13-16-12(10-21-13)15(19)20-2/h10-11H,3-9H2,1-2H3. The van der Waals surface area contributed by atoms with Gasteiger partial charge in [0.15, 0.2) is 5.69 Å². The van der Waals surface area contributed by atoms with Crippen LogP contribution in [0.1, 0.15) is 60.9 Å². The summed E-state index contributed by atoms with van der Waals surface area (Å²) in [5, 5.41) is 2.49. The van der Waals surface area contributed by atoms with Crippen molar-refractivity contribution in [2.24, 2.45) is 0 Å². The molecular formula is C15H22N2O3S. The predicted molar refractivity (Wildman–Crippen MR) is 81.2 cm³/mol. The number of amides is 1. The Balaban J connectivity index is 1.94. The Kier molecular flexibility index (Phi) is 5.73. The van der Waals surface area contributed by atoms with E-state index in [0.717, 1.165) is 37.1 Å². The van der Waals surface area contributed by atoms with E-state index in [0.29, 0.717) is 24.7 Å². The Morgan fingerprint density at radius 2 is 2.19 bits per heavy atom. The second-order valence-electron chi connectivity index (χ2n) is 5.33. The van der Waals surface area contributed by atoms with E-state index in [-0.39, 0.29) is 5.91 Å². The van der Waals surface area contributed by atoms with Crippen LogP contribution < -0.4 is 0 Å². The lowest BCUT2D eigenvalue weighted by Gasteiger charge is -2.21. The maximum absolute atomic E-state index is 12.3. The Labute approximate surface area is 129 Å². The summed E-state index contributed by atoms with van der Waals surface area (Å²) in [6, 6.07) is 0.365. The van der Waals surface area contributed by atoms with E-state index >= 15 is 0 Å². The number of hydrogen-bond acceptors (Lipinski definition) is 5. The maximum Gasteiger partial charge on any atom is 0.357 e. The highest BCUT2D eigenvalue weighted by atomic mass is 32.1. The van der Waals surface area contributed by atoms with Crippen LogP contribution >= 0.6 is 11.3 Å². The lowest BCUT2D eigenvalue weighted by Crippen LogP contribution is -2.32. The van der Waals surface area contributed by atoms with Gasteiger partial charge in [0.2, 0.25) is 5.91 Å². The molecule has 1 fully saturated rings. The lowest BCUT2D eigenvalue weighted by atomic mass is 10.2. The smallest absolute Gasteiger partial charge is 0.357 e. The van der Waals surface area contributed by atoms with Gasteiger partial charge in [-0.3, -0.25) is 4.79 Å². The van der Waals surface area contributed by atoms with Crippen molar-refractivity contribution in [3.8, 4) is 0 Å². The van der Waals surface area contributed by atoms with Crippen LogP contribution in [0.5, 0.6) is 0 Å². The van der Waals surface area contributed by atoms with Gasteiger partial charge < -0.3 is 9.64 Å². The Hall–Kier alpha value is -1.43. The number of aromatic nitrogens is 1. The van der Waals surface area contributed by atoms with Gasteiger partial charge in [0.1, 0.15) is 5.01 Å². The van der Waals surface area contributed by atoms with E-state index in [1.165, 1.54) is 18.4 Å². The van der Waals surface area contributed by atoms with Crippen molar-refractivity contribution >= 4 is 23.2 Å². The van der Waals surface area contributed by atoms with Gasteiger partial charge in [-0.25, -0.2) is 9.78 Å². The summed E-state index contributed by atoms with van der Waals surface area (Å²) in [4.78, 5) is 29.9. The van der Waals surface area contributed by atoms with Gasteiger partial charge in [-0.2, -0.15) is 0 Å². The highest BCUT2D eigenvalue weighted by Crippen LogP contribution is 2.30. The van der Waals surface area contributed by atoms with Gasteiger partial charge in [-0.15, -0.1) is 11.3 Å². The summed E-state index contributed by atoms with van der Waals surface area (Å²) in [6.45, 7) is 2.64. The van der Waals surface area contributed by atoms with Gasteiger partial charge in [0, 0.05) is 17.8 Å². The highest BCUT2D eigenvalue weighted by molar-refractivity contribution is 7.09. The molecule has 1 saturated carbocycles. The summed E-state index contributed by atoms with van der Waals surface area (Å²) < 4.78 is 4.65. The SMILES string of the molecule is CCCCCC(=O)N(Cc1nc(C(=O)OC)cs1)C1CC1. The molecule has 1 amide bonds. The first-order chi connectivity index (χ1) is 10.2. The molecule has 0 spiro atoms. The van der Waals surface area contributed by atoms with Gasteiger partial charge in [-0.05, 0) is 19.3 Å². The lowest BCUT2D eigenvalue weighted by molar-refractivity contribution is -0.132. The van der Waals surface area contributed by atoms with Gasteiger partial charge in [0.25, 0.3) is 0 Å². The highest BCUT2D eigenvalue weighted by Gasteiger charge is 2.32. The van der Waals surface area contributed by atoms with Crippen LogP contribution in [0, 0.1) is 0 Å². The average molecular weight is 310 g/mol. The van der Waals surface area contributed by atoms with E-state index in [2.05, 4.69) is 16.6 Å². The number of ether oxygens (including phenoxy) is 1. The molecule has 6 heteroatoms. The number of nitrogens with zero attached hydrogens (tertiary/aromatic N) is 2. The fourth-order valence-electron chi connectivity index (χ4n) is 2.20. The van der Waals surface area contributed by atoms with Crippen molar-refractivity contribution in [1.82, 2.24) is 9.88 Å². The molecule has 1 aromatic heterocycles. The number of unbranched alkanes of at least 4 members (excludes halogenated alkanes) is 2. The molecule has 0 bridgehead atoms. The summed E-state index contributed by atoms with van der Waals surface area (Å²) in [6.07, 6.45) is 5.92. The topological polar surface area (TPSA) is 59.5 Å². The van der Waals surface area contributed by atoms with Crippen molar-refractivity contribution in [2.45, 2.75) is 58.0 Å². The molecule has 0 aliphatic heterocycles. The fourth-order valence-corrected chi connectivity index (χ4v) is 2.97. The second kappa shape index (κ2) is 7.54. The normalized spacial score (nSPS) is 14.0. The molecule has 2 rings (SSSR count). The van der Waals surface area contributed by atoms with Crippen LogP contribution in [0.4, 0.5) is 0 Å². The van der Waals surface area contributed by atoms with Gasteiger partial charge in [0.05, 0.1) is 13.7 Å². The molecule has 1 aromatic rings. The number of rotatable bonds is 8. The molecule has 1 aliphatic carbocycles. The summed E-state index contributed by atoms with van der Waals surface area (Å²) in [7, 11) is 1.34. The Morgan fingerprint density at radius 3 is 2.81 bits per heavy atom. The Bertz CT molecular complexity index is 497. The Morgan fingerprint density at radius 1 is 1.43 bits per heavy atom. The average Bonchev–Trinajstić information content (AvgIpc) is 3.22. The summed E-state index contributed by atoms with van der Waals surface area (Å²) in [5.41, 5.74) is 0.326. The molecule has 0 unspecified atom stereocenters. The molecule has 0 radical (unpaired) electrons. The third kappa shape index (κ3) is 4.52. The molecular weight excluding hydrogens is 288 g/mol. The van der Waals surface area contributed by atoms with Crippen LogP contribution in [0.3, 0.4) is 0 Å². The zero-order valence-corrected chi connectivity index (χ0v) is 13.4. The number of carbonyl (C=O) groups excluding carboxylic acids is 2.